The van der Waals surface area contributed by atoms with Crippen LogP contribution in [-0.4, -0.2) is 58.9 Å². The molecule has 1 aromatic rings. The maximum Gasteiger partial charge on any atom is 0.245 e. The van der Waals surface area contributed by atoms with Gasteiger partial charge >= 0.3 is 0 Å². The van der Waals surface area contributed by atoms with Gasteiger partial charge in [0.15, 0.2) is 0 Å². The van der Waals surface area contributed by atoms with Gasteiger partial charge in [0.05, 0.1) is 0 Å². The molecule has 24 heavy (non-hydrogen) atoms. The Kier molecular flexibility index (Phi) is 7.36. The molecule has 0 bridgehead atoms. The normalized spacial score (nSPS) is 16.5. The number of nitrogens with zero attached hydrogens (tertiary/aromatic N) is 2. The minimum absolute atomic E-state index is 0.0154. The molecule has 1 unspecified atom stereocenters. The zero-order valence-corrected chi connectivity index (χ0v) is 15.1. The number of carbonyl (C=O) groups excluding carboxylic acids is 2. The lowest BCUT2D eigenvalue weighted by Gasteiger charge is -2.34. The third kappa shape index (κ3) is 5.70. The molecule has 0 aliphatic carbocycles. The van der Waals surface area contributed by atoms with Crippen LogP contribution in [0.25, 0.3) is 0 Å². The van der Waals surface area contributed by atoms with Gasteiger partial charge < -0.3 is 15.0 Å². The molecule has 132 valence electrons. The molecular weight excluding hydrogens is 326 g/mol. The number of thioether (sulfide) groups is 1. The third-order valence-corrected chi connectivity index (χ3v) is 4.64. The van der Waals surface area contributed by atoms with Gasteiger partial charge in [-0.2, -0.15) is 11.8 Å². The van der Waals surface area contributed by atoms with Crippen molar-refractivity contribution in [3.05, 3.63) is 24.5 Å². The summed E-state index contributed by atoms with van der Waals surface area (Å²) in [5, 5.41) is 2.78. The van der Waals surface area contributed by atoms with E-state index >= 15 is 0 Å². The Balaban J connectivity index is 1.85. The van der Waals surface area contributed by atoms with Crippen molar-refractivity contribution in [1.82, 2.24) is 15.2 Å². The molecule has 1 atom stereocenters. The zero-order chi connectivity index (χ0) is 17.4. The summed E-state index contributed by atoms with van der Waals surface area (Å²) in [5.74, 6) is 1.51. The van der Waals surface area contributed by atoms with Crippen LogP contribution in [0.5, 0.6) is 5.75 Å². The van der Waals surface area contributed by atoms with E-state index in [-0.39, 0.29) is 17.9 Å². The molecule has 1 fully saturated rings. The summed E-state index contributed by atoms with van der Waals surface area (Å²) >= 11 is 1.68. The predicted octanol–water partition coefficient (Wildman–Crippen LogP) is 1.71. The highest BCUT2D eigenvalue weighted by Crippen LogP contribution is 2.19. The minimum Gasteiger partial charge on any atom is -0.490 e. The zero-order valence-electron chi connectivity index (χ0n) is 14.2. The standard InChI is InChI=1S/C17H25N3O3S/c1-13(21)19-16(7-12-24-2)17(22)20-10-5-15(6-11-20)23-14-3-8-18-9-4-14/h3-4,8-9,15-16H,5-7,10-12H2,1-2H3,(H,19,21). The van der Waals surface area contributed by atoms with E-state index in [1.165, 1.54) is 6.92 Å². The number of amides is 2. The molecule has 1 aliphatic heterocycles. The Morgan fingerprint density at radius 1 is 1.38 bits per heavy atom. The number of pyridine rings is 1. The highest BCUT2D eigenvalue weighted by atomic mass is 32.2. The summed E-state index contributed by atoms with van der Waals surface area (Å²) in [5.41, 5.74) is 0. The first-order valence-electron chi connectivity index (χ1n) is 8.21. The lowest BCUT2D eigenvalue weighted by Crippen LogP contribution is -2.51. The van der Waals surface area contributed by atoms with E-state index in [4.69, 9.17) is 4.74 Å². The van der Waals surface area contributed by atoms with Gasteiger partial charge in [-0.05, 0) is 30.6 Å². The average molecular weight is 351 g/mol. The monoisotopic (exact) mass is 351 g/mol. The van der Waals surface area contributed by atoms with Crippen molar-refractivity contribution in [2.45, 2.75) is 38.3 Å². The molecule has 0 aromatic carbocycles. The van der Waals surface area contributed by atoms with Crippen molar-refractivity contribution in [1.29, 1.82) is 0 Å². The van der Waals surface area contributed by atoms with E-state index in [1.54, 1.807) is 24.2 Å². The molecule has 0 radical (unpaired) electrons. The van der Waals surface area contributed by atoms with Crippen molar-refractivity contribution >= 4 is 23.6 Å². The van der Waals surface area contributed by atoms with Crippen LogP contribution >= 0.6 is 11.8 Å². The summed E-state index contributed by atoms with van der Waals surface area (Å²) < 4.78 is 5.92. The maximum absolute atomic E-state index is 12.7. The predicted molar refractivity (Wildman–Crippen MR) is 95.1 cm³/mol. The number of hydrogen-bond donors (Lipinski definition) is 1. The Morgan fingerprint density at radius 3 is 2.62 bits per heavy atom. The van der Waals surface area contributed by atoms with Gasteiger partial charge in [0.25, 0.3) is 0 Å². The van der Waals surface area contributed by atoms with E-state index in [9.17, 15) is 9.59 Å². The number of nitrogens with one attached hydrogen (secondary N) is 1. The van der Waals surface area contributed by atoms with E-state index in [0.29, 0.717) is 19.5 Å². The fourth-order valence-electron chi connectivity index (χ4n) is 2.76. The second-order valence-electron chi connectivity index (χ2n) is 5.86. The molecule has 1 aliphatic rings. The van der Waals surface area contributed by atoms with Crippen molar-refractivity contribution in [3.63, 3.8) is 0 Å². The maximum atomic E-state index is 12.7. The first-order chi connectivity index (χ1) is 11.6. The molecule has 6 nitrogen and oxygen atoms in total. The summed E-state index contributed by atoms with van der Waals surface area (Å²) in [4.78, 5) is 29.8. The first-order valence-corrected chi connectivity index (χ1v) is 9.61. The lowest BCUT2D eigenvalue weighted by atomic mass is 10.1. The Morgan fingerprint density at radius 2 is 2.04 bits per heavy atom. The number of ether oxygens (including phenoxy) is 1. The quantitative estimate of drug-likeness (QED) is 0.810. The minimum atomic E-state index is -0.424. The second-order valence-corrected chi connectivity index (χ2v) is 6.85. The Hall–Kier alpha value is -1.76. The Labute approximate surface area is 147 Å². The molecule has 2 heterocycles. The highest BCUT2D eigenvalue weighted by molar-refractivity contribution is 7.98. The molecule has 1 N–H and O–H groups in total. The molecule has 7 heteroatoms. The van der Waals surface area contributed by atoms with Gasteiger partial charge in [0.1, 0.15) is 17.9 Å². The van der Waals surface area contributed by atoms with Crippen molar-refractivity contribution in [2.75, 3.05) is 25.1 Å². The highest BCUT2D eigenvalue weighted by Gasteiger charge is 2.29. The van der Waals surface area contributed by atoms with Crippen molar-refractivity contribution in [3.8, 4) is 5.75 Å². The first kappa shape index (κ1) is 18.6. The van der Waals surface area contributed by atoms with Crippen LogP contribution in [0.3, 0.4) is 0 Å². The molecule has 0 spiro atoms. The van der Waals surface area contributed by atoms with Gasteiger partial charge in [-0.1, -0.05) is 0 Å². The lowest BCUT2D eigenvalue weighted by molar-refractivity contribution is -0.137. The van der Waals surface area contributed by atoms with E-state index in [0.717, 1.165) is 24.3 Å². The van der Waals surface area contributed by atoms with Crippen LogP contribution in [0.4, 0.5) is 0 Å². The van der Waals surface area contributed by atoms with Crippen LogP contribution in [0.1, 0.15) is 26.2 Å². The molecule has 2 rings (SSSR count). The number of likely N-dealkylation sites (tertiary alicyclic amines) is 1. The SMILES string of the molecule is CSCCC(NC(C)=O)C(=O)N1CCC(Oc2ccncc2)CC1. The Bertz CT molecular complexity index is 533. The van der Waals surface area contributed by atoms with E-state index < -0.39 is 6.04 Å². The van der Waals surface area contributed by atoms with Gasteiger partial charge in [-0.25, -0.2) is 0 Å². The molecule has 1 saturated heterocycles. The van der Waals surface area contributed by atoms with Gasteiger partial charge in [-0.3, -0.25) is 14.6 Å². The smallest absolute Gasteiger partial charge is 0.245 e. The van der Waals surface area contributed by atoms with Gasteiger partial charge in [0, 0.05) is 45.2 Å². The number of piperidine rings is 1. The van der Waals surface area contributed by atoms with Crippen molar-refractivity contribution in [2.24, 2.45) is 0 Å². The summed E-state index contributed by atoms with van der Waals surface area (Å²) in [7, 11) is 0. The van der Waals surface area contributed by atoms with Crippen LogP contribution in [0.15, 0.2) is 24.5 Å². The molecule has 1 aromatic heterocycles. The number of rotatable bonds is 7. The van der Waals surface area contributed by atoms with Gasteiger partial charge in [0.2, 0.25) is 11.8 Å². The second kappa shape index (κ2) is 9.52. The number of hydrogen-bond acceptors (Lipinski definition) is 5. The average Bonchev–Trinajstić information content (AvgIpc) is 2.59. The van der Waals surface area contributed by atoms with Crippen LogP contribution in [0, 0.1) is 0 Å². The fraction of sp³-hybridized carbons (Fsp3) is 0.588. The third-order valence-electron chi connectivity index (χ3n) is 3.99. The summed E-state index contributed by atoms with van der Waals surface area (Å²) in [6, 6.07) is 3.26. The number of carbonyl (C=O) groups is 2. The van der Waals surface area contributed by atoms with Crippen LogP contribution in [-0.2, 0) is 9.59 Å². The molecular formula is C17H25N3O3S. The molecule has 2 amide bonds. The van der Waals surface area contributed by atoms with Crippen LogP contribution < -0.4 is 10.1 Å². The van der Waals surface area contributed by atoms with Gasteiger partial charge in [-0.15, -0.1) is 0 Å². The van der Waals surface area contributed by atoms with Crippen molar-refractivity contribution < 1.29 is 14.3 Å². The summed E-state index contributed by atoms with van der Waals surface area (Å²) in [6.07, 6.45) is 7.77. The van der Waals surface area contributed by atoms with E-state index in [1.807, 2.05) is 23.3 Å². The fourth-order valence-corrected chi connectivity index (χ4v) is 3.23. The topological polar surface area (TPSA) is 71.5 Å². The summed E-state index contributed by atoms with van der Waals surface area (Å²) in [6.45, 7) is 2.77. The van der Waals surface area contributed by atoms with E-state index in [2.05, 4.69) is 10.3 Å². The van der Waals surface area contributed by atoms with Crippen LogP contribution in [0.2, 0.25) is 0 Å². The molecule has 0 saturated carbocycles. The largest absolute Gasteiger partial charge is 0.490 e. The number of aromatic nitrogens is 1.